The van der Waals surface area contributed by atoms with Crippen LogP contribution in [0.3, 0.4) is 0 Å². The van der Waals surface area contributed by atoms with Crippen molar-refractivity contribution in [2.45, 2.75) is 44.7 Å². The third kappa shape index (κ3) is 5.68. The Bertz CT molecular complexity index is 816. The van der Waals surface area contributed by atoms with Gasteiger partial charge in [-0.3, -0.25) is 4.79 Å². The molecular formula is C20H21F3N2O3. The number of alkyl halides is 3. The summed E-state index contributed by atoms with van der Waals surface area (Å²) in [6.07, 6.45) is -0.289. The first kappa shape index (κ1) is 20.1. The molecule has 0 atom stereocenters. The second-order valence-electron chi connectivity index (χ2n) is 7.05. The summed E-state index contributed by atoms with van der Waals surface area (Å²) in [5, 5.41) is 8.80. The van der Waals surface area contributed by atoms with Gasteiger partial charge in [-0.25, -0.2) is 0 Å². The van der Waals surface area contributed by atoms with Gasteiger partial charge in [-0.1, -0.05) is 37.1 Å². The van der Waals surface area contributed by atoms with E-state index in [1.54, 1.807) is 24.3 Å². The molecule has 3 rings (SSSR count). The molecule has 5 nitrogen and oxygen atoms in total. The molecule has 8 heteroatoms. The predicted molar refractivity (Wildman–Crippen MR) is 95.1 cm³/mol. The number of carbonyl (C=O) groups is 1. The van der Waals surface area contributed by atoms with Crippen molar-refractivity contribution in [3.05, 3.63) is 52.8 Å². The SMILES string of the molecule is O=C(O)Cc1ccc(Cc2cc(C(F)(F)F)nc(OCC3CCCC3)n2)cc1. The Morgan fingerprint density at radius 1 is 1.11 bits per heavy atom. The minimum absolute atomic E-state index is 0.106. The highest BCUT2D eigenvalue weighted by Gasteiger charge is 2.34. The molecule has 1 aliphatic rings. The van der Waals surface area contributed by atoms with Crippen LogP contribution in [0.4, 0.5) is 13.2 Å². The van der Waals surface area contributed by atoms with Crippen LogP contribution in [0.5, 0.6) is 6.01 Å². The molecule has 0 aliphatic heterocycles. The van der Waals surface area contributed by atoms with Crippen molar-refractivity contribution in [3.63, 3.8) is 0 Å². The topological polar surface area (TPSA) is 72.3 Å². The minimum atomic E-state index is -4.59. The zero-order valence-corrected chi connectivity index (χ0v) is 15.2. The van der Waals surface area contributed by atoms with Gasteiger partial charge in [0, 0.05) is 6.42 Å². The largest absolute Gasteiger partial charge is 0.481 e. The van der Waals surface area contributed by atoms with Crippen molar-refractivity contribution in [3.8, 4) is 6.01 Å². The van der Waals surface area contributed by atoms with E-state index in [1.165, 1.54) is 0 Å². The summed E-state index contributed by atoms with van der Waals surface area (Å²) in [6, 6.07) is 7.34. The number of carboxylic acids is 1. The lowest BCUT2D eigenvalue weighted by atomic mass is 10.1. The molecule has 1 aromatic heterocycles. The van der Waals surface area contributed by atoms with E-state index >= 15 is 0 Å². The van der Waals surface area contributed by atoms with E-state index in [-0.39, 0.29) is 24.5 Å². The number of hydrogen-bond donors (Lipinski definition) is 1. The Hall–Kier alpha value is -2.64. The van der Waals surface area contributed by atoms with Crippen LogP contribution < -0.4 is 4.74 Å². The van der Waals surface area contributed by atoms with E-state index in [0.29, 0.717) is 18.1 Å². The summed E-state index contributed by atoms with van der Waals surface area (Å²) >= 11 is 0. The highest BCUT2D eigenvalue weighted by Crippen LogP contribution is 2.30. The van der Waals surface area contributed by atoms with E-state index in [2.05, 4.69) is 9.97 Å². The summed E-state index contributed by atoms with van der Waals surface area (Å²) in [6.45, 7) is 0.324. The number of halogens is 3. The van der Waals surface area contributed by atoms with Crippen LogP contribution in [0, 0.1) is 5.92 Å². The molecule has 0 saturated heterocycles. The second kappa shape index (κ2) is 8.58. The first-order valence-electron chi connectivity index (χ1n) is 9.17. The molecule has 1 heterocycles. The fourth-order valence-corrected chi connectivity index (χ4v) is 3.30. The number of carboxylic acid groups (broad SMARTS) is 1. The molecular weight excluding hydrogens is 373 g/mol. The van der Waals surface area contributed by atoms with E-state index in [0.717, 1.165) is 37.3 Å². The van der Waals surface area contributed by atoms with Gasteiger partial charge in [-0.05, 0) is 36.0 Å². The predicted octanol–water partition coefficient (Wildman–Crippen LogP) is 4.28. The van der Waals surface area contributed by atoms with Crippen molar-refractivity contribution in [2.75, 3.05) is 6.61 Å². The molecule has 0 bridgehead atoms. The molecule has 0 amide bonds. The van der Waals surface area contributed by atoms with Crippen LogP contribution >= 0.6 is 0 Å². The third-order valence-electron chi connectivity index (χ3n) is 4.74. The Morgan fingerprint density at radius 3 is 2.36 bits per heavy atom. The molecule has 0 spiro atoms. The summed E-state index contributed by atoms with van der Waals surface area (Å²) in [7, 11) is 0. The Kier molecular flexibility index (Phi) is 6.16. The van der Waals surface area contributed by atoms with E-state index in [1.807, 2.05) is 0 Å². The molecule has 1 fully saturated rings. The van der Waals surface area contributed by atoms with Gasteiger partial charge in [0.1, 0.15) is 0 Å². The van der Waals surface area contributed by atoms with Gasteiger partial charge in [-0.2, -0.15) is 23.1 Å². The van der Waals surface area contributed by atoms with Gasteiger partial charge in [0.05, 0.1) is 18.7 Å². The Morgan fingerprint density at radius 2 is 1.75 bits per heavy atom. The molecule has 1 saturated carbocycles. The minimum Gasteiger partial charge on any atom is -0.481 e. The van der Waals surface area contributed by atoms with E-state index in [9.17, 15) is 18.0 Å². The smallest absolute Gasteiger partial charge is 0.433 e. The van der Waals surface area contributed by atoms with Crippen LogP contribution in [0.25, 0.3) is 0 Å². The van der Waals surface area contributed by atoms with Crippen molar-refractivity contribution in [1.82, 2.24) is 9.97 Å². The van der Waals surface area contributed by atoms with Gasteiger partial charge in [0.2, 0.25) is 0 Å². The number of ether oxygens (including phenoxy) is 1. The standard InChI is InChI=1S/C20H21F3N2O3/c21-20(22,23)17-11-16(9-13-5-7-14(8-6-13)10-18(26)27)24-19(25-17)28-12-15-3-1-2-4-15/h5-8,11,15H,1-4,9-10,12H2,(H,26,27). The van der Waals surface area contributed by atoms with Crippen molar-refractivity contribution in [1.29, 1.82) is 0 Å². The highest BCUT2D eigenvalue weighted by molar-refractivity contribution is 5.70. The van der Waals surface area contributed by atoms with Crippen LogP contribution in [0.2, 0.25) is 0 Å². The lowest BCUT2D eigenvalue weighted by molar-refractivity contribution is -0.141. The van der Waals surface area contributed by atoms with Crippen molar-refractivity contribution in [2.24, 2.45) is 5.92 Å². The van der Waals surface area contributed by atoms with Crippen LogP contribution in [-0.2, 0) is 23.8 Å². The highest BCUT2D eigenvalue weighted by atomic mass is 19.4. The molecule has 1 aliphatic carbocycles. The molecule has 1 N–H and O–H groups in total. The van der Waals surface area contributed by atoms with Gasteiger partial charge >= 0.3 is 18.2 Å². The number of hydrogen-bond acceptors (Lipinski definition) is 4. The monoisotopic (exact) mass is 394 g/mol. The number of aliphatic carboxylic acids is 1. The first-order valence-corrected chi connectivity index (χ1v) is 9.17. The number of aromatic nitrogens is 2. The van der Waals surface area contributed by atoms with Crippen LogP contribution in [0.1, 0.15) is 48.2 Å². The van der Waals surface area contributed by atoms with Gasteiger partial charge in [-0.15, -0.1) is 0 Å². The number of benzene rings is 1. The lowest BCUT2D eigenvalue weighted by Crippen LogP contribution is -2.15. The summed E-state index contributed by atoms with van der Waals surface area (Å²) in [4.78, 5) is 18.4. The maximum Gasteiger partial charge on any atom is 0.433 e. The van der Waals surface area contributed by atoms with Gasteiger partial charge in [0.15, 0.2) is 5.69 Å². The zero-order chi connectivity index (χ0) is 20.1. The summed E-state index contributed by atoms with van der Waals surface area (Å²) < 4.78 is 45.1. The molecule has 2 aromatic rings. The summed E-state index contributed by atoms with van der Waals surface area (Å²) in [5.41, 5.74) is 0.523. The zero-order valence-electron chi connectivity index (χ0n) is 15.2. The van der Waals surface area contributed by atoms with E-state index in [4.69, 9.17) is 9.84 Å². The van der Waals surface area contributed by atoms with Crippen molar-refractivity contribution >= 4 is 5.97 Å². The van der Waals surface area contributed by atoms with Crippen LogP contribution in [-0.4, -0.2) is 27.7 Å². The maximum atomic E-state index is 13.2. The van der Waals surface area contributed by atoms with Crippen molar-refractivity contribution < 1.29 is 27.8 Å². The molecule has 0 radical (unpaired) electrons. The average molecular weight is 394 g/mol. The number of rotatable bonds is 7. The quantitative estimate of drug-likeness (QED) is 0.759. The van der Waals surface area contributed by atoms with Crippen LogP contribution in [0.15, 0.2) is 30.3 Å². The Labute approximate surface area is 160 Å². The third-order valence-corrected chi connectivity index (χ3v) is 4.74. The molecule has 0 unspecified atom stereocenters. The molecule has 1 aromatic carbocycles. The maximum absolute atomic E-state index is 13.2. The average Bonchev–Trinajstić information content (AvgIpc) is 3.14. The Balaban J connectivity index is 1.76. The van der Waals surface area contributed by atoms with Gasteiger partial charge in [0.25, 0.3) is 0 Å². The number of nitrogens with zero attached hydrogens (tertiary/aromatic N) is 2. The summed E-state index contributed by atoms with van der Waals surface area (Å²) in [5.74, 6) is -0.606. The second-order valence-corrected chi connectivity index (χ2v) is 7.05. The van der Waals surface area contributed by atoms with Gasteiger partial charge < -0.3 is 9.84 Å². The fraction of sp³-hybridized carbons (Fsp3) is 0.450. The normalized spacial score (nSPS) is 15.0. The first-order chi connectivity index (χ1) is 13.3. The molecule has 150 valence electrons. The molecule has 28 heavy (non-hydrogen) atoms. The lowest BCUT2D eigenvalue weighted by Gasteiger charge is -2.13. The fourth-order valence-electron chi connectivity index (χ4n) is 3.30. The van der Waals surface area contributed by atoms with E-state index < -0.39 is 17.8 Å².